The van der Waals surface area contributed by atoms with E-state index in [0.29, 0.717) is 11.1 Å². The Kier molecular flexibility index (Phi) is 6.89. The molecular formula is C17H23N3O4. The van der Waals surface area contributed by atoms with Gasteiger partial charge in [-0.2, -0.15) is 5.26 Å². The number of carbonyl (C=O) groups excluding carboxylic acids is 2. The molecule has 0 aliphatic rings. The van der Waals surface area contributed by atoms with Crippen LogP contribution >= 0.6 is 0 Å². The van der Waals surface area contributed by atoms with E-state index in [-0.39, 0.29) is 25.1 Å². The lowest BCUT2D eigenvalue weighted by atomic mass is 9.87. The molecule has 0 heterocycles. The van der Waals surface area contributed by atoms with Gasteiger partial charge >= 0.3 is 0 Å². The molecule has 0 saturated carbocycles. The third-order valence-corrected chi connectivity index (χ3v) is 3.61. The Balaban J connectivity index is 2.54. The van der Waals surface area contributed by atoms with E-state index >= 15 is 0 Å². The van der Waals surface area contributed by atoms with Crippen molar-refractivity contribution in [2.75, 3.05) is 13.2 Å². The minimum absolute atomic E-state index is 0.126. The summed E-state index contributed by atoms with van der Waals surface area (Å²) in [6.07, 6.45) is -1.35. The number of hydrogen-bond donors (Lipinski definition) is 4. The SMILES string of the molecule is C[C@@H](CNC(=O)C(O)C(C)(C)CO)NC(=O)c1cccc(C#N)c1. The van der Waals surface area contributed by atoms with E-state index in [1.54, 1.807) is 39.0 Å². The van der Waals surface area contributed by atoms with Crippen molar-refractivity contribution in [1.82, 2.24) is 10.6 Å². The molecule has 0 bridgehead atoms. The standard InChI is InChI=1S/C17H23N3O4/c1-11(9-19-16(24)14(22)17(2,3)10-21)20-15(23)13-6-4-5-12(7-13)8-18/h4-7,11,14,21-22H,9-10H2,1-3H3,(H,19,24)(H,20,23)/t11-,14?/m0/s1. The molecule has 0 radical (unpaired) electrons. The van der Waals surface area contributed by atoms with E-state index in [4.69, 9.17) is 10.4 Å². The van der Waals surface area contributed by atoms with Gasteiger partial charge in [0, 0.05) is 23.6 Å². The van der Waals surface area contributed by atoms with Crippen LogP contribution in [0.5, 0.6) is 0 Å². The normalized spacial score (nSPS) is 13.5. The number of aliphatic hydroxyl groups excluding tert-OH is 2. The van der Waals surface area contributed by atoms with Crippen molar-refractivity contribution in [2.45, 2.75) is 32.9 Å². The van der Waals surface area contributed by atoms with E-state index in [2.05, 4.69) is 10.6 Å². The van der Waals surface area contributed by atoms with Gasteiger partial charge in [0.2, 0.25) is 5.91 Å². The second-order valence-corrected chi connectivity index (χ2v) is 6.36. The summed E-state index contributed by atoms with van der Waals surface area (Å²) in [5.41, 5.74) is -0.208. The third-order valence-electron chi connectivity index (χ3n) is 3.61. The van der Waals surface area contributed by atoms with Gasteiger partial charge in [0.05, 0.1) is 18.2 Å². The molecule has 24 heavy (non-hydrogen) atoms. The molecule has 130 valence electrons. The smallest absolute Gasteiger partial charge is 0.251 e. The number of aliphatic hydroxyl groups is 2. The third kappa shape index (κ3) is 5.33. The molecule has 0 spiro atoms. The van der Waals surface area contributed by atoms with Gasteiger partial charge in [0.25, 0.3) is 5.91 Å². The topological polar surface area (TPSA) is 122 Å². The predicted octanol–water partition coefficient (Wildman–Crippen LogP) is 0.172. The number of hydrogen-bond acceptors (Lipinski definition) is 5. The number of benzene rings is 1. The molecular weight excluding hydrogens is 310 g/mol. The number of amides is 2. The van der Waals surface area contributed by atoms with Gasteiger partial charge in [-0.3, -0.25) is 9.59 Å². The lowest BCUT2D eigenvalue weighted by Crippen LogP contribution is -2.49. The first kappa shape index (κ1) is 19.6. The Morgan fingerprint density at radius 3 is 2.62 bits per heavy atom. The fourth-order valence-corrected chi connectivity index (χ4v) is 1.88. The first-order valence-corrected chi connectivity index (χ1v) is 7.59. The van der Waals surface area contributed by atoms with Gasteiger partial charge in [0.15, 0.2) is 0 Å². The molecule has 1 aromatic carbocycles. The van der Waals surface area contributed by atoms with E-state index < -0.39 is 17.4 Å². The number of rotatable bonds is 7. The van der Waals surface area contributed by atoms with Crippen LogP contribution in [0, 0.1) is 16.7 Å². The highest BCUT2D eigenvalue weighted by Gasteiger charge is 2.32. The van der Waals surface area contributed by atoms with Crippen LogP contribution in [-0.4, -0.2) is 47.3 Å². The van der Waals surface area contributed by atoms with E-state index in [0.717, 1.165) is 0 Å². The van der Waals surface area contributed by atoms with Gasteiger partial charge in [-0.25, -0.2) is 0 Å². The Hall–Kier alpha value is -2.43. The van der Waals surface area contributed by atoms with E-state index in [1.807, 2.05) is 6.07 Å². The number of nitrogens with one attached hydrogen (secondary N) is 2. The second-order valence-electron chi connectivity index (χ2n) is 6.36. The Morgan fingerprint density at radius 2 is 2.04 bits per heavy atom. The summed E-state index contributed by atoms with van der Waals surface area (Å²) in [5, 5.41) is 33.1. The van der Waals surface area contributed by atoms with Crippen molar-refractivity contribution in [3.8, 4) is 6.07 Å². The minimum atomic E-state index is -1.35. The molecule has 7 nitrogen and oxygen atoms in total. The molecule has 7 heteroatoms. The quantitative estimate of drug-likeness (QED) is 0.566. The monoisotopic (exact) mass is 333 g/mol. The lowest BCUT2D eigenvalue weighted by Gasteiger charge is -2.27. The lowest BCUT2D eigenvalue weighted by molar-refractivity contribution is -0.137. The molecule has 0 saturated heterocycles. The van der Waals surface area contributed by atoms with Crippen LogP contribution in [0.25, 0.3) is 0 Å². The fraction of sp³-hybridized carbons (Fsp3) is 0.471. The minimum Gasteiger partial charge on any atom is -0.396 e. The summed E-state index contributed by atoms with van der Waals surface area (Å²) < 4.78 is 0. The van der Waals surface area contributed by atoms with Crippen LogP contribution in [0.2, 0.25) is 0 Å². The van der Waals surface area contributed by atoms with Crippen LogP contribution in [0.3, 0.4) is 0 Å². The average Bonchev–Trinajstić information content (AvgIpc) is 2.58. The second kappa shape index (κ2) is 8.43. The molecule has 0 aliphatic carbocycles. The first-order chi connectivity index (χ1) is 11.2. The van der Waals surface area contributed by atoms with Gasteiger partial charge < -0.3 is 20.8 Å². The van der Waals surface area contributed by atoms with E-state index in [1.165, 1.54) is 6.07 Å². The molecule has 1 rings (SSSR count). The molecule has 1 unspecified atom stereocenters. The molecule has 0 aromatic heterocycles. The van der Waals surface area contributed by atoms with Crippen molar-refractivity contribution in [3.63, 3.8) is 0 Å². The van der Waals surface area contributed by atoms with Crippen molar-refractivity contribution in [1.29, 1.82) is 5.26 Å². The zero-order valence-electron chi connectivity index (χ0n) is 14.0. The molecule has 0 fully saturated rings. The average molecular weight is 333 g/mol. The number of nitriles is 1. The van der Waals surface area contributed by atoms with Crippen LogP contribution in [0.4, 0.5) is 0 Å². The molecule has 2 amide bonds. The molecule has 4 N–H and O–H groups in total. The highest BCUT2D eigenvalue weighted by atomic mass is 16.3. The van der Waals surface area contributed by atoms with Crippen molar-refractivity contribution in [3.05, 3.63) is 35.4 Å². The summed E-state index contributed by atoms with van der Waals surface area (Å²) in [7, 11) is 0. The Labute approximate surface area is 141 Å². The highest BCUT2D eigenvalue weighted by Crippen LogP contribution is 2.19. The summed E-state index contributed by atoms with van der Waals surface area (Å²) >= 11 is 0. The number of nitrogens with zero attached hydrogens (tertiary/aromatic N) is 1. The van der Waals surface area contributed by atoms with Crippen molar-refractivity contribution >= 4 is 11.8 Å². The largest absolute Gasteiger partial charge is 0.396 e. The van der Waals surface area contributed by atoms with Gasteiger partial charge in [-0.1, -0.05) is 19.9 Å². The van der Waals surface area contributed by atoms with Gasteiger partial charge in [-0.05, 0) is 25.1 Å². The maximum Gasteiger partial charge on any atom is 0.251 e. The number of carbonyl (C=O) groups is 2. The Morgan fingerprint density at radius 1 is 1.38 bits per heavy atom. The van der Waals surface area contributed by atoms with Crippen LogP contribution in [0.15, 0.2) is 24.3 Å². The molecule has 2 atom stereocenters. The van der Waals surface area contributed by atoms with Crippen molar-refractivity contribution in [2.24, 2.45) is 5.41 Å². The van der Waals surface area contributed by atoms with Crippen molar-refractivity contribution < 1.29 is 19.8 Å². The highest BCUT2D eigenvalue weighted by molar-refractivity contribution is 5.94. The first-order valence-electron chi connectivity index (χ1n) is 7.59. The van der Waals surface area contributed by atoms with Crippen LogP contribution in [0.1, 0.15) is 36.7 Å². The van der Waals surface area contributed by atoms with Crippen LogP contribution < -0.4 is 10.6 Å². The van der Waals surface area contributed by atoms with Crippen LogP contribution in [-0.2, 0) is 4.79 Å². The molecule has 1 aromatic rings. The van der Waals surface area contributed by atoms with Gasteiger partial charge in [-0.15, -0.1) is 0 Å². The van der Waals surface area contributed by atoms with E-state index in [9.17, 15) is 14.7 Å². The summed E-state index contributed by atoms with van der Waals surface area (Å²) in [6, 6.07) is 7.88. The fourth-order valence-electron chi connectivity index (χ4n) is 1.88. The summed E-state index contributed by atoms with van der Waals surface area (Å²) in [6.45, 7) is 4.65. The Bertz CT molecular complexity index is 637. The van der Waals surface area contributed by atoms with Gasteiger partial charge in [0.1, 0.15) is 6.10 Å². The zero-order chi connectivity index (χ0) is 18.3. The maximum atomic E-state index is 12.1. The summed E-state index contributed by atoms with van der Waals surface area (Å²) in [4.78, 5) is 24.0. The predicted molar refractivity (Wildman–Crippen MR) is 88.0 cm³/mol. The summed E-state index contributed by atoms with van der Waals surface area (Å²) in [5.74, 6) is -0.966. The maximum absolute atomic E-state index is 12.1. The zero-order valence-corrected chi connectivity index (χ0v) is 14.0. The molecule has 0 aliphatic heterocycles.